The number of hydrogen-bond acceptors (Lipinski definition) is 4. The Morgan fingerprint density at radius 3 is 2.66 bits per heavy atom. The van der Waals surface area contributed by atoms with Gasteiger partial charge < -0.3 is 10.1 Å². The number of hydrogen-bond donors (Lipinski definition) is 1. The zero-order valence-corrected chi connectivity index (χ0v) is 16.1. The largest absolute Gasteiger partial charge is 0.453 e. The van der Waals surface area contributed by atoms with Crippen LogP contribution in [-0.2, 0) is 10.5 Å². The quantitative estimate of drug-likeness (QED) is 0.643. The number of ether oxygens (including phenoxy) is 1. The van der Waals surface area contributed by atoms with E-state index in [-0.39, 0.29) is 11.9 Å². The van der Waals surface area contributed by atoms with Gasteiger partial charge in [-0.2, -0.15) is 5.10 Å². The molecule has 1 spiro atoms. The second kappa shape index (κ2) is 5.84. The van der Waals surface area contributed by atoms with Gasteiger partial charge in [0.2, 0.25) is 0 Å². The Labute approximate surface area is 172 Å². The van der Waals surface area contributed by atoms with E-state index in [1.165, 1.54) is 0 Å². The fourth-order valence-electron chi connectivity index (χ4n) is 4.46. The standard InChI is InChI=1S/C23H16ClN3O2/c24-15-11-9-14(10-12-15)19-13-20-16-5-1-4-8-21(16)29-23(27(20)26-19)17-6-2-3-7-18(17)25-22(23)28/h1-12,20H,13H2,(H,25,28)/t20-,23+/m1/s1. The topological polar surface area (TPSA) is 53.9 Å². The van der Waals surface area contributed by atoms with Crippen molar-refractivity contribution in [1.29, 1.82) is 0 Å². The molecule has 29 heavy (non-hydrogen) atoms. The van der Waals surface area contributed by atoms with E-state index in [1.807, 2.05) is 77.8 Å². The third-order valence-corrected chi connectivity index (χ3v) is 6.05. The Morgan fingerprint density at radius 2 is 1.79 bits per heavy atom. The lowest BCUT2D eigenvalue weighted by Gasteiger charge is -2.43. The Morgan fingerprint density at radius 1 is 1.03 bits per heavy atom. The second-order valence-electron chi connectivity index (χ2n) is 7.40. The molecule has 0 aliphatic carbocycles. The van der Waals surface area contributed by atoms with E-state index in [4.69, 9.17) is 21.4 Å². The summed E-state index contributed by atoms with van der Waals surface area (Å²) in [5.74, 6) is 0.493. The van der Waals surface area contributed by atoms with E-state index in [9.17, 15) is 4.79 Å². The Bertz CT molecular complexity index is 1190. The van der Waals surface area contributed by atoms with Crippen LogP contribution in [0.15, 0.2) is 77.9 Å². The number of rotatable bonds is 1. The maximum atomic E-state index is 13.3. The van der Waals surface area contributed by atoms with Gasteiger partial charge in [-0.25, -0.2) is 5.01 Å². The molecule has 0 radical (unpaired) electrons. The molecule has 3 aliphatic rings. The summed E-state index contributed by atoms with van der Waals surface area (Å²) in [7, 11) is 0. The summed E-state index contributed by atoms with van der Waals surface area (Å²) in [6.45, 7) is 0. The Kier molecular flexibility index (Phi) is 3.35. The fraction of sp³-hybridized carbons (Fsp3) is 0.130. The number of carbonyl (C=O) groups excluding carboxylic acids is 1. The Balaban J connectivity index is 1.56. The zero-order valence-electron chi connectivity index (χ0n) is 15.3. The van der Waals surface area contributed by atoms with Crippen molar-refractivity contribution in [2.45, 2.75) is 18.2 Å². The van der Waals surface area contributed by atoms with Crippen LogP contribution in [0.2, 0.25) is 5.02 Å². The first-order valence-electron chi connectivity index (χ1n) is 9.48. The number of halogens is 1. The number of benzene rings is 3. The van der Waals surface area contributed by atoms with E-state index in [1.54, 1.807) is 0 Å². The normalized spacial score (nSPS) is 23.8. The summed E-state index contributed by atoms with van der Waals surface area (Å²) in [6, 6.07) is 23.0. The molecule has 0 saturated heterocycles. The average molecular weight is 402 g/mol. The van der Waals surface area contributed by atoms with Crippen LogP contribution in [0.1, 0.15) is 29.2 Å². The van der Waals surface area contributed by atoms with Crippen LogP contribution in [0.25, 0.3) is 0 Å². The SMILES string of the molecule is O=C1Nc2ccccc2[C@]12Oc1ccccc1[C@H]1CC(c3ccc(Cl)cc3)=NN12. The van der Waals surface area contributed by atoms with Gasteiger partial charge in [-0.15, -0.1) is 0 Å². The molecular formula is C23H16ClN3O2. The molecule has 6 rings (SSSR count). The van der Waals surface area contributed by atoms with Crippen molar-refractivity contribution >= 4 is 28.9 Å². The van der Waals surface area contributed by atoms with E-state index in [0.29, 0.717) is 17.2 Å². The van der Waals surface area contributed by atoms with Crippen molar-refractivity contribution in [2.75, 3.05) is 5.32 Å². The third kappa shape index (κ3) is 2.22. The molecule has 2 atom stereocenters. The lowest BCUT2D eigenvalue weighted by molar-refractivity contribution is -0.161. The van der Waals surface area contributed by atoms with Crippen LogP contribution in [0.4, 0.5) is 5.69 Å². The number of anilines is 1. The fourth-order valence-corrected chi connectivity index (χ4v) is 4.59. The molecule has 142 valence electrons. The van der Waals surface area contributed by atoms with Crippen LogP contribution in [0, 0.1) is 0 Å². The molecule has 1 N–H and O–H groups in total. The molecule has 5 nitrogen and oxygen atoms in total. The van der Waals surface area contributed by atoms with Gasteiger partial charge in [0.15, 0.2) is 0 Å². The molecule has 0 fully saturated rings. The van der Waals surface area contributed by atoms with E-state index in [0.717, 1.165) is 28.1 Å². The summed E-state index contributed by atoms with van der Waals surface area (Å²) < 4.78 is 6.42. The minimum Gasteiger partial charge on any atom is -0.453 e. The summed E-state index contributed by atoms with van der Waals surface area (Å²) in [5, 5.41) is 10.4. The first-order chi connectivity index (χ1) is 14.2. The summed E-state index contributed by atoms with van der Waals surface area (Å²) >= 11 is 6.06. The number of nitrogens with zero attached hydrogens (tertiary/aromatic N) is 2. The van der Waals surface area contributed by atoms with Gasteiger partial charge in [0.1, 0.15) is 5.75 Å². The molecule has 0 saturated carbocycles. The maximum absolute atomic E-state index is 13.3. The summed E-state index contributed by atoms with van der Waals surface area (Å²) in [6.07, 6.45) is 0.680. The molecule has 3 heterocycles. The molecule has 1 amide bonds. The summed E-state index contributed by atoms with van der Waals surface area (Å²) in [5.41, 5.74) is 3.15. The number of amides is 1. The maximum Gasteiger partial charge on any atom is 0.306 e. The monoisotopic (exact) mass is 401 g/mol. The third-order valence-electron chi connectivity index (χ3n) is 5.79. The van der Waals surface area contributed by atoms with Crippen molar-refractivity contribution in [1.82, 2.24) is 5.01 Å². The van der Waals surface area contributed by atoms with Crippen molar-refractivity contribution in [3.05, 3.63) is 94.5 Å². The first kappa shape index (κ1) is 16.6. The number of carbonyl (C=O) groups is 1. The van der Waals surface area contributed by atoms with Crippen molar-refractivity contribution in [3.8, 4) is 5.75 Å². The molecule has 3 aromatic rings. The molecule has 3 aliphatic heterocycles. The minimum absolute atomic E-state index is 0.0949. The van der Waals surface area contributed by atoms with Crippen LogP contribution in [-0.4, -0.2) is 16.6 Å². The Hall–Kier alpha value is -3.31. The highest BCUT2D eigenvalue weighted by atomic mass is 35.5. The van der Waals surface area contributed by atoms with Crippen molar-refractivity contribution in [2.24, 2.45) is 5.10 Å². The van der Waals surface area contributed by atoms with Gasteiger partial charge >= 0.3 is 5.72 Å². The predicted molar refractivity (Wildman–Crippen MR) is 111 cm³/mol. The molecule has 0 unspecified atom stereocenters. The average Bonchev–Trinajstić information content (AvgIpc) is 3.30. The van der Waals surface area contributed by atoms with Gasteiger partial charge in [-0.1, -0.05) is 60.1 Å². The van der Waals surface area contributed by atoms with Gasteiger partial charge in [-0.3, -0.25) is 4.79 Å². The van der Waals surface area contributed by atoms with E-state index in [2.05, 4.69) is 5.32 Å². The van der Waals surface area contributed by atoms with Crippen molar-refractivity contribution in [3.63, 3.8) is 0 Å². The number of hydrazone groups is 1. The van der Waals surface area contributed by atoms with E-state index >= 15 is 0 Å². The lowest BCUT2D eigenvalue weighted by atomic mass is 9.92. The van der Waals surface area contributed by atoms with Crippen LogP contribution in [0.3, 0.4) is 0 Å². The minimum atomic E-state index is -1.32. The highest BCUT2D eigenvalue weighted by molar-refractivity contribution is 6.30. The van der Waals surface area contributed by atoms with Crippen LogP contribution in [0.5, 0.6) is 5.75 Å². The molecule has 3 aromatic carbocycles. The van der Waals surface area contributed by atoms with Gasteiger partial charge in [0.25, 0.3) is 5.91 Å². The smallest absolute Gasteiger partial charge is 0.306 e. The molecule has 6 heteroatoms. The molecule has 0 bridgehead atoms. The van der Waals surface area contributed by atoms with Gasteiger partial charge in [0, 0.05) is 17.0 Å². The highest BCUT2D eigenvalue weighted by Crippen LogP contribution is 2.53. The van der Waals surface area contributed by atoms with Crippen molar-refractivity contribution < 1.29 is 9.53 Å². The summed E-state index contributed by atoms with van der Waals surface area (Å²) in [4.78, 5) is 13.3. The van der Waals surface area contributed by atoms with Crippen LogP contribution < -0.4 is 10.1 Å². The lowest BCUT2D eigenvalue weighted by Crippen LogP contribution is -2.55. The second-order valence-corrected chi connectivity index (χ2v) is 7.84. The molecule has 0 aromatic heterocycles. The number of para-hydroxylation sites is 2. The number of nitrogens with one attached hydrogen (secondary N) is 1. The van der Waals surface area contributed by atoms with Gasteiger partial charge in [0.05, 0.1) is 23.0 Å². The molecular weight excluding hydrogens is 386 g/mol. The first-order valence-corrected chi connectivity index (χ1v) is 9.86. The number of fused-ring (bicyclic) bond motifs is 6. The zero-order chi connectivity index (χ0) is 19.6. The van der Waals surface area contributed by atoms with Gasteiger partial charge in [-0.05, 0) is 29.8 Å². The van der Waals surface area contributed by atoms with E-state index < -0.39 is 5.72 Å². The highest BCUT2D eigenvalue weighted by Gasteiger charge is 2.60. The van der Waals surface area contributed by atoms with Crippen LogP contribution >= 0.6 is 11.6 Å². The predicted octanol–water partition coefficient (Wildman–Crippen LogP) is 4.69.